The lowest BCUT2D eigenvalue weighted by atomic mass is 10.0. The van der Waals surface area contributed by atoms with Crippen LogP contribution in [0, 0.1) is 6.92 Å². The van der Waals surface area contributed by atoms with Crippen molar-refractivity contribution in [2.24, 2.45) is 0 Å². The van der Waals surface area contributed by atoms with Gasteiger partial charge in [-0.15, -0.1) is 22.9 Å². The first kappa shape index (κ1) is 13.0. The van der Waals surface area contributed by atoms with E-state index < -0.39 is 0 Å². The molecular formula is C16H12Cl2S. The molecule has 0 aliphatic rings. The van der Waals surface area contributed by atoms with Crippen molar-refractivity contribution in [1.82, 2.24) is 0 Å². The van der Waals surface area contributed by atoms with Crippen molar-refractivity contribution in [3.05, 3.63) is 68.9 Å². The van der Waals surface area contributed by atoms with Gasteiger partial charge in [-0.25, -0.2) is 0 Å². The number of hydrogen-bond acceptors (Lipinski definition) is 1. The first-order valence-corrected chi connectivity index (χ1v) is 7.67. The van der Waals surface area contributed by atoms with Crippen molar-refractivity contribution >= 4 is 45.3 Å². The SMILES string of the molecule is Cc1ccc(C(Cl)c2ccc(Cl)c3ccccc23)s1. The fourth-order valence-electron chi connectivity index (χ4n) is 2.25. The van der Waals surface area contributed by atoms with Crippen LogP contribution >= 0.6 is 34.5 Å². The van der Waals surface area contributed by atoms with Gasteiger partial charge in [0.25, 0.3) is 0 Å². The maximum absolute atomic E-state index is 6.64. The van der Waals surface area contributed by atoms with Crippen LogP contribution in [0.4, 0.5) is 0 Å². The zero-order valence-electron chi connectivity index (χ0n) is 10.4. The highest BCUT2D eigenvalue weighted by atomic mass is 35.5. The molecule has 0 saturated carbocycles. The Balaban J connectivity index is 2.18. The molecule has 0 bridgehead atoms. The van der Waals surface area contributed by atoms with E-state index in [2.05, 4.69) is 25.1 Å². The largest absolute Gasteiger partial charge is 0.144 e. The fourth-order valence-corrected chi connectivity index (χ4v) is 3.75. The highest BCUT2D eigenvalue weighted by Gasteiger charge is 2.16. The molecule has 2 aromatic carbocycles. The molecule has 0 spiro atoms. The number of aryl methyl sites for hydroxylation is 1. The molecule has 96 valence electrons. The Kier molecular flexibility index (Phi) is 3.53. The van der Waals surface area contributed by atoms with Gasteiger partial charge in [-0.1, -0.05) is 41.9 Å². The second kappa shape index (κ2) is 5.16. The third kappa shape index (κ3) is 2.38. The minimum atomic E-state index is -0.124. The summed E-state index contributed by atoms with van der Waals surface area (Å²) in [4.78, 5) is 2.45. The average molecular weight is 307 g/mol. The third-order valence-corrected chi connectivity index (χ3v) is 5.18. The molecule has 1 aromatic heterocycles. The van der Waals surface area contributed by atoms with E-state index in [-0.39, 0.29) is 5.38 Å². The van der Waals surface area contributed by atoms with Gasteiger partial charge in [0.1, 0.15) is 0 Å². The van der Waals surface area contributed by atoms with E-state index in [1.807, 2.05) is 30.3 Å². The number of thiophene rings is 1. The van der Waals surface area contributed by atoms with E-state index in [0.29, 0.717) is 0 Å². The van der Waals surface area contributed by atoms with Crippen molar-refractivity contribution in [3.63, 3.8) is 0 Å². The lowest BCUT2D eigenvalue weighted by molar-refractivity contribution is 1.21. The zero-order chi connectivity index (χ0) is 13.4. The second-order valence-electron chi connectivity index (χ2n) is 4.49. The van der Waals surface area contributed by atoms with Gasteiger partial charge < -0.3 is 0 Å². The Morgan fingerprint density at radius 1 is 0.947 bits per heavy atom. The van der Waals surface area contributed by atoms with Gasteiger partial charge in [0.15, 0.2) is 0 Å². The summed E-state index contributed by atoms with van der Waals surface area (Å²) >= 11 is 14.6. The molecule has 3 aromatic rings. The summed E-state index contributed by atoms with van der Waals surface area (Å²) in [6.45, 7) is 2.09. The van der Waals surface area contributed by atoms with Crippen molar-refractivity contribution < 1.29 is 0 Å². The molecule has 0 nitrogen and oxygen atoms in total. The first-order valence-electron chi connectivity index (χ1n) is 6.04. The summed E-state index contributed by atoms with van der Waals surface area (Å²) in [5, 5.41) is 2.83. The minimum absolute atomic E-state index is 0.124. The summed E-state index contributed by atoms with van der Waals surface area (Å²) in [6, 6.07) is 16.3. The Morgan fingerprint density at radius 3 is 2.37 bits per heavy atom. The van der Waals surface area contributed by atoms with Crippen LogP contribution in [0.1, 0.15) is 20.7 Å². The highest BCUT2D eigenvalue weighted by molar-refractivity contribution is 7.12. The van der Waals surface area contributed by atoms with E-state index in [4.69, 9.17) is 23.2 Å². The minimum Gasteiger partial charge on any atom is -0.144 e. The van der Waals surface area contributed by atoms with Crippen LogP contribution in [0.25, 0.3) is 10.8 Å². The van der Waals surface area contributed by atoms with Crippen molar-refractivity contribution in [2.45, 2.75) is 12.3 Å². The molecule has 0 aliphatic carbocycles. The molecule has 0 amide bonds. The number of halogens is 2. The summed E-state index contributed by atoms with van der Waals surface area (Å²) in [5.41, 5.74) is 1.11. The molecule has 1 atom stereocenters. The van der Waals surface area contributed by atoms with Gasteiger partial charge in [0.05, 0.1) is 5.38 Å². The summed E-state index contributed by atoms with van der Waals surface area (Å²) in [6.07, 6.45) is 0. The molecule has 1 heterocycles. The summed E-state index contributed by atoms with van der Waals surface area (Å²) in [7, 11) is 0. The molecule has 3 rings (SSSR count). The molecule has 0 radical (unpaired) electrons. The van der Waals surface area contributed by atoms with Gasteiger partial charge >= 0.3 is 0 Å². The van der Waals surface area contributed by atoms with Crippen LogP contribution in [0.15, 0.2) is 48.5 Å². The van der Waals surface area contributed by atoms with Gasteiger partial charge in [-0.3, -0.25) is 0 Å². The number of fused-ring (bicyclic) bond motifs is 1. The van der Waals surface area contributed by atoms with Crippen molar-refractivity contribution in [2.75, 3.05) is 0 Å². The normalized spacial score (nSPS) is 12.8. The Morgan fingerprint density at radius 2 is 1.68 bits per heavy atom. The van der Waals surface area contributed by atoms with Gasteiger partial charge in [-0.05, 0) is 36.1 Å². The smallest absolute Gasteiger partial charge is 0.0933 e. The first-order chi connectivity index (χ1) is 9.16. The van der Waals surface area contributed by atoms with E-state index in [1.54, 1.807) is 11.3 Å². The van der Waals surface area contributed by atoms with E-state index in [0.717, 1.165) is 21.4 Å². The van der Waals surface area contributed by atoms with Crippen LogP contribution in [-0.4, -0.2) is 0 Å². The molecule has 3 heteroatoms. The van der Waals surface area contributed by atoms with Crippen molar-refractivity contribution in [3.8, 4) is 0 Å². The monoisotopic (exact) mass is 306 g/mol. The lowest BCUT2D eigenvalue weighted by Gasteiger charge is -2.12. The molecule has 1 unspecified atom stereocenters. The Hall–Kier alpha value is -1.02. The maximum Gasteiger partial charge on any atom is 0.0933 e. The topological polar surface area (TPSA) is 0 Å². The van der Waals surface area contributed by atoms with Crippen molar-refractivity contribution in [1.29, 1.82) is 0 Å². The Labute approximate surface area is 126 Å². The molecular weight excluding hydrogens is 295 g/mol. The Bertz CT molecular complexity index is 730. The standard InChI is InChI=1S/C16H12Cl2S/c1-10-6-9-15(19-10)16(18)13-7-8-14(17)12-5-3-2-4-11(12)13/h2-9,16H,1H3. The highest BCUT2D eigenvalue weighted by Crippen LogP contribution is 2.38. The van der Waals surface area contributed by atoms with Crippen LogP contribution in [0.3, 0.4) is 0 Å². The molecule has 0 fully saturated rings. The predicted molar refractivity (Wildman–Crippen MR) is 85.7 cm³/mol. The lowest BCUT2D eigenvalue weighted by Crippen LogP contribution is -1.92. The van der Waals surface area contributed by atoms with E-state index in [1.165, 1.54) is 9.75 Å². The molecule has 0 aliphatic heterocycles. The second-order valence-corrected chi connectivity index (χ2v) is 6.66. The van der Waals surface area contributed by atoms with Crippen LogP contribution < -0.4 is 0 Å². The number of rotatable bonds is 2. The number of hydrogen-bond donors (Lipinski definition) is 0. The predicted octanol–water partition coefficient (Wildman–Crippen LogP) is 6.19. The quantitative estimate of drug-likeness (QED) is 0.495. The molecule has 0 N–H and O–H groups in total. The van der Waals surface area contributed by atoms with E-state index in [9.17, 15) is 0 Å². The maximum atomic E-state index is 6.64. The molecule has 0 saturated heterocycles. The fraction of sp³-hybridized carbons (Fsp3) is 0.125. The summed E-state index contributed by atoms with van der Waals surface area (Å²) < 4.78 is 0. The van der Waals surface area contributed by atoms with E-state index >= 15 is 0 Å². The summed E-state index contributed by atoms with van der Waals surface area (Å²) in [5.74, 6) is 0. The average Bonchev–Trinajstić information content (AvgIpc) is 2.86. The number of alkyl halides is 1. The van der Waals surface area contributed by atoms with Crippen LogP contribution in [0.2, 0.25) is 5.02 Å². The third-order valence-electron chi connectivity index (χ3n) is 3.19. The molecule has 19 heavy (non-hydrogen) atoms. The van der Waals surface area contributed by atoms with Crippen LogP contribution in [0.5, 0.6) is 0 Å². The van der Waals surface area contributed by atoms with Gasteiger partial charge in [0, 0.05) is 20.2 Å². The van der Waals surface area contributed by atoms with Gasteiger partial charge in [0.2, 0.25) is 0 Å². The van der Waals surface area contributed by atoms with Gasteiger partial charge in [-0.2, -0.15) is 0 Å². The zero-order valence-corrected chi connectivity index (χ0v) is 12.7. The van der Waals surface area contributed by atoms with Crippen LogP contribution in [-0.2, 0) is 0 Å². The number of benzene rings is 2.